The molecular weight excluding hydrogens is 362 g/mol. The number of hydrogen-bond acceptors (Lipinski definition) is 0. The molecule has 3 rings (SSSR count). The molecule has 0 N–H and O–H groups in total. The first kappa shape index (κ1) is 22.5. The monoisotopic (exact) mass is 402 g/mol. The van der Waals surface area contributed by atoms with E-state index >= 15 is 0 Å². The van der Waals surface area contributed by atoms with Gasteiger partial charge in [0.05, 0.1) is 0 Å². The van der Waals surface area contributed by atoms with E-state index in [-0.39, 0.29) is 0 Å². The largest absolute Gasteiger partial charge is 0.207 e. The van der Waals surface area contributed by atoms with Crippen molar-refractivity contribution in [3.8, 4) is 0 Å². The van der Waals surface area contributed by atoms with Crippen molar-refractivity contribution in [1.82, 2.24) is 0 Å². The van der Waals surface area contributed by atoms with Gasteiger partial charge in [0.25, 0.3) is 0 Å². The lowest BCUT2D eigenvalue weighted by molar-refractivity contribution is 0.242. The minimum absolute atomic E-state index is 0.498. The van der Waals surface area contributed by atoms with Crippen LogP contribution in [0.1, 0.15) is 102 Å². The van der Waals surface area contributed by atoms with E-state index in [2.05, 4.69) is 13.0 Å². The van der Waals surface area contributed by atoms with Crippen LogP contribution in [0.5, 0.6) is 0 Å². The van der Waals surface area contributed by atoms with Crippen LogP contribution in [0.25, 0.3) is 6.08 Å². The highest BCUT2D eigenvalue weighted by Crippen LogP contribution is 2.36. The highest BCUT2D eigenvalue weighted by Gasteiger charge is 2.21. The van der Waals surface area contributed by atoms with Crippen LogP contribution in [0.4, 0.5) is 8.78 Å². The number of benzene rings is 1. The van der Waals surface area contributed by atoms with E-state index in [1.807, 2.05) is 6.08 Å². The van der Waals surface area contributed by atoms with Gasteiger partial charge in [-0.05, 0) is 67.1 Å². The Bertz CT molecular complexity index is 599. The average Bonchev–Trinajstić information content (AvgIpc) is 2.71. The third kappa shape index (κ3) is 7.87. The van der Waals surface area contributed by atoms with E-state index in [0.717, 1.165) is 23.8 Å². The first-order chi connectivity index (χ1) is 14.1. The van der Waals surface area contributed by atoms with Crippen molar-refractivity contribution in [1.29, 1.82) is 0 Å². The summed E-state index contributed by atoms with van der Waals surface area (Å²) in [5, 5.41) is 0. The van der Waals surface area contributed by atoms with Crippen LogP contribution in [0.3, 0.4) is 0 Å². The zero-order valence-electron chi connectivity index (χ0n) is 18.4. The van der Waals surface area contributed by atoms with Crippen molar-refractivity contribution >= 4 is 6.08 Å². The zero-order chi connectivity index (χ0) is 20.5. The number of unbranched alkanes of at least 4 members (excludes halogenated alkanes) is 1. The fourth-order valence-electron chi connectivity index (χ4n) is 5.67. The van der Waals surface area contributed by atoms with E-state index < -0.39 is 11.6 Å². The Morgan fingerprint density at radius 2 is 1.21 bits per heavy atom. The summed E-state index contributed by atoms with van der Waals surface area (Å²) >= 11 is 0. The molecule has 162 valence electrons. The van der Waals surface area contributed by atoms with Gasteiger partial charge >= 0.3 is 0 Å². The SMILES string of the molecule is CCC[C@H]1CC[C@H](CCCCC2CCC(C=Cc3cc(F)cc(F)c3)CC2)CC1. The van der Waals surface area contributed by atoms with Gasteiger partial charge in [-0.25, -0.2) is 8.78 Å². The Labute approximate surface area is 177 Å². The molecule has 0 amide bonds. The van der Waals surface area contributed by atoms with Crippen molar-refractivity contribution < 1.29 is 8.78 Å². The molecule has 2 aliphatic rings. The van der Waals surface area contributed by atoms with Gasteiger partial charge in [0.2, 0.25) is 0 Å². The summed E-state index contributed by atoms with van der Waals surface area (Å²) in [6.45, 7) is 2.32. The van der Waals surface area contributed by atoms with Gasteiger partial charge in [-0.15, -0.1) is 0 Å². The van der Waals surface area contributed by atoms with Crippen molar-refractivity contribution in [3.05, 3.63) is 41.5 Å². The fraction of sp³-hybridized carbons (Fsp3) is 0.704. The molecule has 0 heterocycles. The molecule has 0 aromatic heterocycles. The van der Waals surface area contributed by atoms with Crippen molar-refractivity contribution in [2.45, 2.75) is 96.8 Å². The molecule has 1 aromatic carbocycles. The van der Waals surface area contributed by atoms with E-state index in [1.165, 1.54) is 102 Å². The lowest BCUT2D eigenvalue weighted by Gasteiger charge is -2.29. The summed E-state index contributed by atoms with van der Waals surface area (Å²) in [6, 6.07) is 3.74. The molecule has 0 spiro atoms. The van der Waals surface area contributed by atoms with Gasteiger partial charge in [0, 0.05) is 6.07 Å². The summed E-state index contributed by atoms with van der Waals surface area (Å²) in [4.78, 5) is 0. The van der Waals surface area contributed by atoms with Crippen molar-refractivity contribution in [2.24, 2.45) is 23.7 Å². The predicted molar refractivity (Wildman–Crippen MR) is 120 cm³/mol. The number of halogens is 2. The Balaban J connectivity index is 1.27. The Morgan fingerprint density at radius 1 is 0.724 bits per heavy atom. The Hall–Kier alpha value is -1.18. The van der Waals surface area contributed by atoms with E-state index in [4.69, 9.17) is 0 Å². The van der Waals surface area contributed by atoms with Crippen LogP contribution in [-0.2, 0) is 0 Å². The van der Waals surface area contributed by atoms with E-state index in [1.54, 1.807) is 0 Å². The lowest BCUT2D eigenvalue weighted by atomic mass is 9.77. The lowest BCUT2D eigenvalue weighted by Crippen LogP contribution is -2.15. The zero-order valence-corrected chi connectivity index (χ0v) is 18.4. The van der Waals surface area contributed by atoms with Gasteiger partial charge in [-0.1, -0.05) is 83.3 Å². The second kappa shape index (κ2) is 11.9. The molecule has 0 nitrogen and oxygen atoms in total. The van der Waals surface area contributed by atoms with Gasteiger partial charge in [-0.3, -0.25) is 0 Å². The number of hydrogen-bond donors (Lipinski definition) is 0. The normalized spacial score (nSPS) is 28.1. The van der Waals surface area contributed by atoms with Gasteiger partial charge < -0.3 is 0 Å². The van der Waals surface area contributed by atoms with Crippen molar-refractivity contribution in [2.75, 3.05) is 0 Å². The fourth-order valence-corrected chi connectivity index (χ4v) is 5.67. The quantitative estimate of drug-likeness (QED) is 0.362. The first-order valence-electron chi connectivity index (χ1n) is 12.3. The molecule has 2 heteroatoms. The molecule has 1 aromatic rings. The summed E-state index contributed by atoms with van der Waals surface area (Å²) in [7, 11) is 0. The predicted octanol–water partition coefficient (Wildman–Crippen LogP) is 8.95. The molecule has 2 saturated carbocycles. The molecule has 0 saturated heterocycles. The molecule has 2 aliphatic carbocycles. The molecule has 0 bridgehead atoms. The highest BCUT2D eigenvalue weighted by molar-refractivity contribution is 5.49. The van der Waals surface area contributed by atoms with Crippen molar-refractivity contribution in [3.63, 3.8) is 0 Å². The maximum atomic E-state index is 13.3. The summed E-state index contributed by atoms with van der Waals surface area (Å²) in [5.41, 5.74) is 0.633. The van der Waals surface area contributed by atoms with E-state index in [9.17, 15) is 8.78 Å². The van der Waals surface area contributed by atoms with Crippen LogP contribution in [-0.4, -0.2) is 0 Å². The Morgan fingerprint density at radius 3 is 1.72 bits per heavy atom. The third-order valence-electron chi connectivity index (χ3n) is 7.48. The minimum Gasteiger partial charge on any atom is -0.207 e. The van der Waals surface area contributed by atoms with E-state index in [0.29, 0.717) is 11.5 Å². The summed E-state index contributed by atoms with van der Waals surface area (Å²) in [5.74, 6) is 2.50. The van der Waals surface area contributed by atoms with Gasteiger partial charge in [-0.2, -0.15) is 0 Å². The second-order valence-electron chi connectivity index (χ2n) is 9.80. The van der Waals surface area contributed by atoms with Gasteiger partial charge in [0.15, 0.2) is 0 Å². The smallest absolute Gasteiger partial charge is 0.126 e. The molecule has 2 fully saturated rings. The molecule has 0 radical (unpaired) electrons. The molecule has 0 unspecified atom stereocenters. The minimum atomic E-state index is -0.498. The first-order valence-corrected chi connectivity index (χ1v) is 12.3. The standard InChI is InChI=1S/C27H40F2/c1-2-5-21-8-10-22(11-9-21)6-3-4-7-23-12-14-24(15-13-23)16-17-25-18-26(28)20-27(29)19-25/h16-24H,2-15H2,1H3/t21-,22-,23?,24?. The average molecular weight is 403 g/mol. The molecular formula is C27H40F2. The van der Waals surface area contributed by atoms with Crippen LogP contribution < -0.4 is 0 Å². The topological polar surface area (TPSA) is 0 Å². The maximum absolute atomic E-state index is 13.3. The Kier molecular flexibility index (Phi) is 9.21. The number of rotatable bonds is 9. The molecule has 29 heavy (non-hydrogen) atoms. The number of allylic oxidation sites excluding steroid dienone is 1. The second-order valence-corrected chi connectivity index (χ2v) is 9.80. The third-order valence-corrected chi connectivity index (χ3v) is 7.48. The summed E-state index contributed by atoms with van der Waals surface area (Å²) in [6.07, 6.45) is 23.6. The highest BCUT2D eigenvalue weighted by atomic mass is 19.1. The van der Waals surface area contributed by atoms with Crippen LogP contribution in [0.15, 0.2) is 24.3 Å². The van der Waals surface area contributed by atoms with Gasteiger partial charge in [0.1, 0.15) is 11.6 Å². The van der Waals surface area contributed by atoms with Crippen LogP contribution >= 0.6 is 0 Å². The molecule has 0 atom stereocenters. The molecule has 0 aliphatic heterocycles. The summed E-state index contributed by atoms with van der Waals surface area (Å²) < 4.78 is 26.6. The maximum Gasteiger partial charge on any atom is 0.126 e. The van der Waals surface area contributed by atoms with Crippen LogP contribution in [0.2, 0.25) is 0 Å². The van der Waals surface area contributed by atoms with Crippen LogP contribution in [0, 0.1) is 35.3 Å².